The number of nitrogens with one attached hydrogen (secondary N) is 2. The van der Waals surface area contributed by atoms with E-state index in [9.17, 15) is 22.8 Å². The number of benzene rings is 3. The van der Waals surface area contributed by atoms with Crippen LogP contribution in [0.1, 0.15) is 38.0 Å². The molecule has 176 valence electrons. The van der Waals surface area contributed by atoms with Crippen LogP contribution in [-0.4, -0.2) is 22.5 Å². The van der Waals surface area contributed by atoms with Crippen molar-refractivity contribution < 1.29 is 32.2 Å². The van der Waals surface area contributed by atoms with Crippen molar-refractivity contribution in [3.05, 3.63) is 81.8 Å². The number of hydrogen-bond donors (Lipinski definition) is 2. The highest BCUT2D eigenvalue weighted by Crippen LogP contribution is 2.52. The van der Waals surface area contributed by atoms with Gasteiger partial charge in [0.25, 0.3) is 11.8 Å². The van der Waals surface area contributed by atoms with Gasteiger partial charge in [-0.25, -0.2) is 4.39 Å². The van der Waals surface area contributed by atoms with Crippen LogP contribution in [0.15, 0.2) is 48.5 Å². The van der Waals surface area contributed by atoms with Gasteiger partial charge in [-0.1, -0.05) is 29.8 Å². The summed E-state index contributed by atoms with van der Waals surface area (Å²) in [7, 11) is 0. The number of carbonyl (C=O) groups excluding carboxylic acids is 2. The Kier molecular flexibility index (Phi) is 4.70. The second kappa shape index (κ2) is 7.59. The van der Waals surface area contributed by atoms with Crippen LogP contribution in [0.3, 0.4) is 0 Å². The quantitative estimate of drug-likeness (QED) is 0.375. The minimum absolute atomic E-state index is 0.0224. The van der Waals surface area contributed by atoms with E-state index in [4.69, 9.17) is 11.6 Å². The summed E-state index contributed by atoms with van der Waals surface area (Å²) in [5.74, 6) is -2.97. The molecule has 0 saturated carbocycles. The minimum atomic E-state index is -4.02. The van der Waals surface area contributed by atoms with E-state index in [0.29, 0.717) is 5.39 Å². The maximum absolute atomic E-state index is 14.0. The third kappa shape index (κ3) is 3.46. The summed E-state index contributed by atoms with van der Waals surface area (Å²) in [6.45, 7) is 0. The monoisotopic (exact) mass is 517 g/mol. The van der Waals surface area contributed by atoms with Crippen LogP contribution < -0.4 is 20.1 Å². The van der Waals surface area contributed by atoms with Crippen LogP contribution in [0, 0.1) is 5.82 Å². The van der Waals surface area contributed by atoms with Crippen LogP contribution in [0.2, 0.25) is 5.02 Å². The molecule has 3 aromatic carbocycles. The van der Waals surface area contributed by atoms with Gasteiger partial charge in [0.05, 0.1) is 22.0 Å². The number of ether oxygens (including phenoxy) is 2. The lowest BCUT2D eigenvalue weighted by Crippen LogP contribution is -2.26. The van der Waals surface area contributed by atoms with Gasteiger partial charge in [-0.05, 0) is 35.8 Å². The van der Waals surface area contributed by atoms with Gasteiger partial charge in [0.2, 0.25) is 0 Å². The highest BCUT2D eigenvalue weighted by atomic mass is 35.5. The molecule has 1 atom stereocenters. The standard InChI is InChI=1S/C23H11ClF3N3O4S/c24-12-6-5-9(25)7-11(12)18-16-13(28-22(32)19-10-3-1-2-4-15(10)35-30-19)8-14-20(17(16)21(31)29-18)34-23(26,27)33-14/h1-8,18H,(H,28,32)(H,29,31)/t18-/m0/s1. The maximum Gasteiger partial charge on any atom is 0.586 e. The van der Waals surface area contributed by atoms with Crippen molar-refractivity contribution in [2.75, 3.05) is 5.32 Å². The van der Waals surface area contributed by atoms with Crippen LogP contribution in [0.5, 0.6) is 11.5 Å². The fourth-order valence-corrected chi connectivity index (χ4v) is 5.20. The second-order valence-corrected chi connectivity index (χ2v) is 8.97. The van der Waals surface area contributed by atoms with Gasteiger partial charge in [0.15, 0.2) is 11.5 Å². The van der Waals surface area contributed by atoms with Crippen molar-refractivity contribution in [2.24, 2.45) is 0 Å². The normalized spacial score (nSPS) is 17.4. The first-order chi connectivity index (χ1) is 16.7. The molecule has 4 aromatic rings. The van der Waals surface area contributed by atoms with E-state index in [1.165, 1.54) is 6.07 Å². The zero-order chi connectivity index (χ0) is 24.5. The number of hydrogen-bond acceptors (Lipinski definition) is 6. The van der Waals surface area contributed by atoms with Gasteiger partial charge in [-0.15, -0.1) is 8.78 Å². The molecule has 0 saturated heterocycles. The topological polar surface area (TPSA) is 89.6 Å². The molecule has 0 radical (unpaired) electrons. The molecule has 2 aliphatic rings. The number of carbonyl (C=O) groups is 2. The lowest BCUT2D eigenvalue weighted by atomic mass is 9.95. The smallest absolute Gasteiger partial charge is 0.395 e. The fourth-order valence-electron chi connectivity index (χ4n) is 4.20. The number of aromatic nitrogens is 1. The van der Waals surface area contributed by atoms with E-state index in [2.05, 4.69) is 24.5 Å². The lowest BCUT2D eigenvalue weighted by Gasteiger charge is -2.18. The van der Waals surface area contributed by atoms with Crippen LogP contribution >= 0.6 is 23.1 Å². The summed E-state index contributed by atoms with van der Waals surface area (Å²) >= 11 is 7.39. The van der Waals surface area contributed by atoms with Gasteiger partial charge >= 0.3 is 6.29 Å². The predicted octanol–water partition coefficient (Wildman–Crippen LogP) is 5.50. The Morgan fingerprint density at radius 3 is 2.80 bits per heavy atom. The Labute approximate surface area is 203 Å². The van der Waals surface area contributed by atoms with Gasteiger partial charge in [-0.3, -0.25) is 9.59 Å². The second-order valence-electron chi connectivity index (χ2n) is 7.76. The molecule has 2 N–H and O–H groups in total. The largest absolute Gasteiger partial charge is 0.586 e. The maximum atomic E-state index is 14.0. The molecule has 0 spiro atoms. The van der Waals surface area contributed by atoms with Crippen molar-refractivity contribution in [1.82, 2.24) is 9.69 Å². The van der Waals surface area contributed by atoms with Crippen molar-refractivity contribution in [2.45, 2.75) is 12.3 Å². The first-order valence-electron chi connectivity index (χ1n) is 10.1. The molecule has 2 aliphatic heterocycles. The zero-order valence-electron chi connectivity index (χ0n) is 17.2. The van der Waals surface area contributed by atoms with E-state index in [1.54, 1.807) is 24.3 Å². The summed E-state index contributed by atoms with van der Waals surface area (Å²) in [5.41, 5.74) is 0.0589. The fraction of sp³-hybridized carbons (Fsp3) is 0.0870. The van der Waals surface area contributed by atoms with E-state index in [-0.39, 0.29) is 33.1 Å². The first-order valence-corrected chi connectivity index (χ1v) is 11.3. The summed E-state index contributed by atoms with van der Waals surface area (Å²) in [5, 5.41) is 5.96. The third-order valence-electron chi connectivity index (χ3n) is 5.64. The van der Waals surface area contributed by atoms with E-state index in [1.807, 2.05) is 0 Å². The van der Waals surface area contributed by atoms with Crippen LogP contribution in [0.4, 0.5) is 18.9 Å². The Morgan fingerprint density at radius 2 is 1.97 bits per heavy atom. The molecule has 12 heteroatoms. The molecule has 2 amide bonds. The molecule has 6 rings (SSSR count). The van der Waals surface area contributed by atoms with Crippen molar-refractivity contribution in [3.8, 4) is 11.5 Å². The molecule has 7 nitrogen and oxygen atoms in total. The number of rotatable bonds is 3. The van der Waals surface area contributed by atoms with Crippen molar-refractivity contribution in [3.63, 3.8) is 0 Å². The highest BCUT2D eigenvalue weighted by molar-refractivity contribution is 7.13. The first kappa shape index (κ1) is 21.7. The van der Waals surface area contributed by atoms with Crippen LogP contribution in [0.25, 0.3) is 10.1 Å². The highest BCUT2D eigenvalue weighted by Gasteiger charge is 2.49. The van der Waals surface area contributed by atoms with Gasteiger partial charge in [0, 0.05) is 27.6 Å². The third-order valence-corrected chi connectivity index (χ3v) is 6.81. The van der Waals surface area contributed by atoms with Gasteiger partial charge in [0.1, 0.15) is 11.5 Å². The zero-order valence-corrected chi connectivity index (χ0v) is 18.8. The molecular formula is C23H11ClF3N3O4S. The van der Waals surface area contributed by atoms with Gasteiger partial charge < -0.3 is 20.1 Å². The summed E-state index contributed by atoms with van der Waals surface area (Å²) in [4.78, 5) is 26.1. The molecule has 0 bridgehead atoms. The Bertz CT molecular complexity index is 1580. The Morgan fingerprint density at radius 1 is 1.17 bits per heavy atom. The van der Waals surface area contributed by atoms with E-state index < -0.39 is 41.5 Å². The van der Waals surface area contributed by atoms with E-state index >= 15 is 0 Å². The number of anilines is 1. The molecule has 0 unspecified atom stereocenters. The lowest BCUT2D eigenvalue weighted by molar-refractivity contribution is -0.286. The van der Waals surface area contributed by atoms with Crippen molar-refractivity contribution in [1.29, 1.82) is 0 Å². The molecule has 35 heavy (non-hydrogen) atoms. The number of nitrogens with zero attached hydrogens (tertiary/aromatic N) is 1. The summed E-state index contributed by atoms with van der Waals surface area (Å²) in [6, 6.07) is 10.7. The number of halogens is 4. The number of fused-ring (bicyclic) bond motifs is 4. The Hall–Kier alpha value is -3.83. The summed E-state index contributed by atoms with van der Waals surface area (Å²) < 4.78 is 56.0. The average molecular weight is 518 g/mol. The number of amides is 2. The molecule has 1 aromatic heterocycles. The van der Waals surface area contributed by atoms with E-state index in [0.717, 1.165) is 34.4 Å². The van der Waals surface area contributed by atoms with Gasteiger partial charge in [-0.2, -0.15) is 4.37 Å². The van der Waals surface area contributed by atoms with Crippen LogP contribution in [-0.2, 0) is 0 Å². The average Bonchev–Trinajstić information content (AvgIpc) is 3.47. The molecular weight excluding hydrogens is 507 g/mol. The molecule has 0 fully saturated rings. The molecule has 3 heterocycles. The Balaban J connectivity index is 1.52. The summed E-state index contributed by atoms with van der Waals surface area (Å²) in [6.07, 6.45) is -4.02. The minimum Gasteiger partial charge on any atom is -0.395 e. The SMILES string of the molecule is O=C1N[C@@H](c2cc(F)ccc2Cl)c2c(NC(=O)c3nsc4ccccc34)cc3c(c21)OC(F)(F)O3. The molecule has 0 aliphatic carbocycles. The van der Waals surface area contributed by atoms with Crippen molar-refractivity contribution >= 4 is 50.7 Å². The number of alkyl halides is 2. The predicted molar refractivity (Wildman–Crippen MR) is 121 cm³/mol.